The Morgan fingerprint density at radius 3 is 2.12 bits per heavy atom. The van der Waals surface area contributed by atoms with Gasteiger partial charge in [0.2, 0.25) is 11.8 Å². The zero-order chi connectivity index (χ0) is 29.0. The lowest BCUT2D eigenvalue weighted by Gasteiger charge is -2.27. The maximum absolute atomic E-state index is 12.7. The Labute approximate surface area is 236 Å². The van der Waals surface area contributed by atoms with Gasteiger partial charge in [0.25, 0.3) is 5.91 Å². The molecule has 212 valence electrons. The number of aliphatic hydroxyl groups excluding tert-OH is 1. The topological polar surface area (TPSA) is 120 Å². The molecule has 0 radical (unpaired) electrons. The number of amides is 3. The van der Waals surface area contributed by atoms with Crippen molar-refractivity contribution >= 4 is 17.7 Å². The molecule has 5 N–H and O–H groups in total. The van der Waals surface area contributed by atoms with Gasteiger partial charge in [-0.25, -0.2) is 0 Å². The minimum Gasteiger partial charge on any atom is -0.376 e. The number of carbonyl (C=O) groups excluding carboxylic acids is 3. The lowest BCUT2D eigenvalue weighted by molar-refractivity contribution is -0.126. The van der Waals surface area contributed by atoms with Gasteiger partial charge in [0.15, 0.2) is 0 Å². The molecular formula is C32H40N4O4. The quantitative estimate of drug-likeness (QED) is 0.167. The third-order valence-corrected chi connectivity index (χ3v) is 6.13. The van der Waals surface area contributed by atoms with E-state index in [0.29, 0.717) is 12.0 Å². The number of nitrogens with one attached hydrogen (secondary N) is 4. The molecule has 0 aromatic heterocycles. The van der Waals surface area contributed by atoms with E-state index in [1.807, 2.05) is 99.6 Å². The van der Waals surface area contributed by atoms with E-state index in [4.69, 9.17) is 0 Å². The summed E-state index contributed by atoms with van der Waals surface area (Å²) in [5.74, 6) is -0.775. The van der Waals surface area contributed by atoms with E-state index in [9.17, 15) is 19.5 Å². The van der Waals surface area contributed by atoms with Gasteiger partial charge in [-0.1, -0.05) is 72.8 Å². The molecule has 8 nitrogen and oxygen atoms in total. The van der Waals surface area contributed by atoms with E-state index in [0.717, 1.165) is 16.7 Å². The highest BCUT2D eigenvalue weighted by atomic mass is 16.3. The fourth-order valence-corrected chi connectivity index (χ4v) is 4.20. The number of rotatable bonds is 13. The molecule has 0 bridgehead atoms. The summed E-state index contributed by atoms with van der Waals surface area (Å²) >= 11 is 0. The standard InChI is InChI=1S/C32H40N4O4/c1-32(2,3)36-29(38)22-27(35-28(37)18-17-23-11-6-4-7-12-23)31(40)34-20-19-33-30(39)26-16-10-15-25(21-26)24-13-8-5-9-14-24/h4-16,21,27,31,34,40H,17-20,22H2,1-3H3,(H,33,39)(H,35,37)(H,36,38)/t27-,31?/m0/s1. The maximum atomic E-state index is 12.7. The summed E-state index contributed by atoms with van der Waals surface area (Å²) in [4.78, 5) is 38.0. The molecule has 0 heterocycles. The van der Waals surface area contributed by atoms with Crippen LogP contribution in [0.4, 0.5) is 0 Å². The van der Waals surface area contributed by atoms with Crippen LogP contribution in [0.2, 0.25) is 0 Å². The highest BCUT2D eigenvalue weighted by Gasteiger charge is 2.25. The predicted octanol–water partition coefficient (Wildman–Crippen LogP) is 3.41. The second-order valence-corrected chi connectivity index (χ2v) is 10.8. The molecule has 0 saturated carbocycles. The summed E-state index contributed by atoms with van der Waals surface area (Å²) in [6.07, 6.45) is -0.508. The molecule has 8 heteroatoms. The second kappa shape index (κ2) is 15.0. The molecule has 0 aliphatic carbocycles. The van der Waals surface area contributed by atoms with E-state index in [2.05, 4.69) is 21.3 Å². The number of aliphatic hydroxyl groups is 1. The first-order chi connectivity index (χ1) is 19.1. The molecule has 40 heavy (non-hydrogen) atoms. The zero-order valence-corrected chi connectivity index (χ0v) is 23.4. The molecule has 0 spiro atoms. The summed E-state index contributed by atoms with van der Waals surface area (Å²) in [5.41, 5.74) is 3.09. The van der Waals surface area contributed by atoms with Crippen LogP contribution in [0.5, 0.6) is 0 Å². The minimum absolute atomic E-state index is 0.0961. The van der Waals surface area contributed by atoms with Crippen LogP contribution >= 0.6 is 0 Å². The smallest absolute Gasteiger partial charge is 0.251 e. The van der Waals surface area contributed by atoms with Crippen molar-refractivity contribution in [1.29, 1.82) is 0 Å². The molecule has 2 atom stereocenters. The Balaban J connectivity index is 1.52. The van der Waals surface area contributed by atoms with E-state index < -0.39 is 17.8 Å². The Bertz CT molecular complexity index is 1240. The molecule has 0 fully saturated rings. The van der Waals surface area contributed by atoms with Gasteiger partial charge in [0, 0.05) is 30.6 Å². The SMILES string of the molecule is CC(C)(C)NC(=O)C[C@H](NC(=O)CCc1ccccc1)C(O)NCCNC(=O)c1cccc(-c2ccccc2)c1. The normalized spacial score (nSPS) is 12.7. The molecule has 0 saturated heterocycles. The average molecular weight is 545 g/mol. The van der Waals surface area contributed by atoms with Crippen molar-refractivity contribution in [2.45, 2.75) is 57.8 Å². The first-order valence-corrected chi connectivity index (χ1v) is 13.6. The van der Waals surface area contributed by atoms with Crippen LogP contribution in [0.25, 0.3) is 11.1 Å². The highest BCUT2D eigenvalue weighted by molar-refractivity contribution is 5.95. The van der Waals surface area contributed by atoms with Crippen LogP contribution in [0.1, 0.15) is 49.5 Å². The van der Waals surface area contributed by atoms with Crippen LogP contribution in [0.15, 0.2) is 84.9 Å². The average Bonchev–Trinajstić information content (AvgIpc) is 2.93. The monoisotopic (exact) mass is 544 g/mol. The van der Waals surface area contributed by atoms with Gasteiger partial charge in [0.05, 0.1) is 12.5 Å². The number of hydrogen-bond acceptors (Lipinski definition) is 5. The first-order valence-electron chi connectivity index (χ1n) is 13.6. The van der Waals surface area contributed by atoms with Crippen molar-refractivity contribution in [2.75, 3.05) is 13.1 Å². The largest absolute Gasteiger partial charge is 0.376 e. The van der Waals surface area contributed by atoms with Crippen molar-refractivity contribution in [3.63, 3.8) is 0 Å². The van der Waals surface area contributed by atoms with Crippen LogP contribution in [-0.4, -0.2) is 53.7 Å². The Morgan fingerprint density at radius 2 is 1.45 bits per heavy atom. The molecule has 0 aliphatic rings. The van der Waals surface area contributed by atoms with E-state index in [1.165, 1.54) is 0 Å². The van der Waals surface area contributed by atoms with E-state index in [-0.39, 0.29) is 43.7 Å². The second-order valence-electron chi connectivity index (χ2n) is 10.8. The predicted molar refractivity (Wildman–Crippen MR) is 157 cm³/mol. The van der Waals surface area contributed by atoms with Crippen molar-refractivity contribution in [1.82, 2.24) is 21.3 Å². The van der Waals surface area contributed by atoms with E-state index in [1.54, 1.807) is 6.07 Å². The van der Waals surface area contributed by atoms with Crippen LogP contribution in [-0.2, 0) is 16.0 Å². The van der Waals surface area contributed by atoms with E-state index >= 15 is 0 Å². The van der Waals surface area contributed by atoms with Gasteiger partial charge in [-0.15, -0.1) is 0 Å². The van der Waals surface area contributed by atoms with Gasteiger partial charge in [-0.2, -0.15) is 0 Å². The van der Waals surface area contributed by atoms with Crippen molar-refractivity contribution in [2.24, 2.45) is 0 Å². The van der Waals surface area contributed by atoms with Gasteiger partial charge in [0.1, 0.15) is 6.23 Å². The van der Waals surface area contributed by atoms with Crippen molar-refractivity contribution in [3.8, 4) is 11.1 Å². The summed E-state index contributed by atoms with van der Waals surface area (Å²) < 4.78 is 0. The molecule has 0 aliphatic heterocycles. The molecule has 3 aromatic carbocycles. The van der Waals surface area contributed by atoms with Crippen LogP contribution in [0, 0.1) is 0 Å². The van der Waals surface area contributed by atoms with Gasteiger partial charge in [-0.05, 0) is 56.0 Å². The fraction of sp³-hybridized carbons (Fsp3) is 0.344. The minimum atomic E-state index is -1.19. The number of aryl methyl sites for hydroxylation is 1. The van der Waals surface area contributed by atoms with Crippen molar-refractivity contribution < 1.29 is 19.5 Å². The third kappa shape index (κ3) is 10.6. The summed E-state index contributed by atoms with van der Waals surface area (Å²) in [6, 6.07) is 26.0. The van der Waals surface area contributed by atoms with Crippen LogP contribution in [0.3, 0.4) is 0 Å². The number of carbonyl (C=O) groups is 3. The molecule has 3 rings (SSSR count). The lowest BCUT2D eigenvalue weighted by Crippen LogP contribution is -2.54. The van der Waals surface area contributed by atoms with Gasteiger partial charge < -0.3 is 21.1 Å². The Hall–Kier alpha value is -4.01. The number of benzene rings is 3. The highest BCUT2D eigenvalue weighted by Crippen LogP contribution is 2.20. The Morgan fingerprint density at radius 1 is 0.800 bits per heavy atom. The van der Waals surface area contributed by atoms with Crippen molar-refractivity contribution in [3.05, 3.63) is 96.1 Å². The molecule has 3 aromatic rings. The van der Waals surface area contributed by atoms with Gasteiger partial charge in [-0.3, -0.25) is 19.7 Å². The summed E-state index contributed by atoms with van der Waals surface area (Å²) in [6.45, 7) is 6.08. The van der Waals surface area contributed by atoms with Gasteiger partial charge >= 0.3 is 0 Å². The summed E-state index contributed by atoms with van der Waals surface area (Å²) in [5, 5.41) is 22.2. The third-order valence-electron chi connectivity index (χ3n) is 6.13. The van der Waals surface area contributed by atoms with Crippen LogP contribution < -0.4 is 21.3 Å². The summed E-state index contributed by atoms with van der Waals surface area (Å²) in [7, 11) is 0. The molecular weight excluding hydrogens is 504 g/mol. The lowest BCUT2D eigenvalue weighted by atomic mass is 10.0. The molecule has 3 amide bonds. The number of hydrogen-bond donors (Lipinski definition) is 5. The zero-order valence-electron chi connectivity index (χ0n) is 23.4. The Kier molecular flexibility index (Phi) is 11.4. The first kappa shape index (κ1) is 30.5. The molecule has 1 unspecified atom stereocenters. The fourth-order valence-electron chi connectivity index (χ4n) is 4.20. The maximum Gasteiger partial charge on any atom is 0.251 e.